The number of aryl methyl sites for hydroxylation is 1. The molecule has 0 radical (unpaired) electrons. The zero-order valence-electron chi connectivity index (χ0n) is 23.4. The molecule has 0 bridgehead atoms. The molecule has 3 aromatic rings. The first-order valence-corrected chi connectivity index (χ1v) is 14.2. The van der Waals surface area contributed by atoms with Gasteiger partial charge in [0.05, 0.1) is 18.5 Å². The highest BCUT2D eigenvalue weighted by Crippen LogP contribution is 2.36. The van der Waals surface area contributed by atoms with Crippen molar-refractivity contribution in [1.29, 1.82) is 0 Å². The van der Waals surface area contributed by atoms with E-state index in [0.717, 1.165) is 80.3 Å². The third-order valence-corrected chi connectivity index (χ3v) is 7.79. The monoisotopic (exact) mass is 568 g/mol. The number of carbonyl (C=O) groups excluding carboxylic acids is 1. The van der Waals surface area contributed by atoms with Crippen LogP contribution in [0.2, 0.25) is 0 Å². The standard InChI is InChI=1S/C31H35F3N4O3/c1-3-40-30(39)25-18-36-38(29(25)31(32,33)34)28-10-6-9-26(37-28)24-8-5-4-7-23(24)19-41-27-12-11-22(17-20(27)2)21-13-15-35-16-14-21/h6,9-12,17-18,21,35H,3-5,7-8,13-16,19H2,1-2H3. The Balaban J connectivity index is 1.41. The predicted octanol–water partition coefficient (Wildman–Crippen LogP) is 6.64. The van der Waals surface area contributed by atoms with E-state index in [0.29, 0.717) is 22.9 Å². The first-order chi connectivity index (χ1) is 19.8. The van der Waals surface area contributed by atoms with Crippen LogP contribution in [0.4, 0.5) is 13.2 Å². The number of benzene rings is 1. The van der Waals surface area contributed by atoms with E-state index in [9.17, 15) is 18.0 Å². The number of allylic oxidation sites excluding steroid dienone is 1. The Morgan fingerprint density at radius 3 is 2.63 bits per heavy atom. The molecule has 218 valence electrons. The number of ether oxygens (including phenoxy) is 2. The summed E-state index contributed by atoms with van der Waals surface area (Å²) < 4.78 is 53.9. The fourth-order valence-electron chi connectivity index (χ4n) is 5.71. The summed E-state index contributed by atoms with van der Waals surface area (Å²) in [5, 5.41) is 7.29. The van der Waals surface area contributed by atoms with Crippen LogP contribution in [0.5, 0.6) is 5.75 Å². The molecule has 5 rings (SSSR count). The number of hydrogen-bond donors (Lipinski definition) is 1. The molecule has 2 aromatic heterocycles. The number of rotatable bonds is 8. The molecule has 1 N–H and O–H groups in total. The van der Waals surface area contributed by atoms with Crippen LogP contribution in [-0.2, 0) is 10.9 Å². The lowest BCUT2D eigenvalue weighted by atomic mass is 9.89. The van der Waals surface area contributed by atoms with Gasteiger partial charge in [0.15, 0.2) is 11.5 Å². The molecule has 7 nitrogen and oxygen atoms in total. The number of halogens is 3. The number of aromatic nitrogens is 3. The van der Waals surface area contributed by atoms with Crippen LogP contribution in [-0.4, -0.2) is 47.0 Å². The van der Waals surface area contributed by atoms with E-state index in [2.05, 4.69) is 34.5 Å². The topological polar surface area (TPSA) is 78.3 Å². The lowest BCUT2D eigenvalue weighted by molar-refractivity contribution is -0.143. The second kappa shape index (κ2) is 12.5. The minimum absolute atomic E-state index is 0.0203. The molecule has 1 fully saturated rings. The van der Waals surface area contributed by atoms with Crippen molar-refractivity contribution in [3.8, 4) is 11.6 Å². The van der Waals surface area contributed by atoms with E-state index in [4.69, 9.17) is 9.47 Å². The van der Waals surface area contributed by atoms with Crippen molar-refractivity contribution in [3.05, 3.63) is 76.2 Å². The van der Waals surface area contributed by atoms with Gasteiger partial charge in [-0.05, 0) is 112 Å². The fourth-order valence-corrected chi connectivity index (χ4v) is 5.71. The van der Waals surface area contributed by atoms with Crippen molar-refractivity contribution < 1.29 is 27.4 Å². The van der Waals surface area contributed by atoms with Gasteiger partial charge in [0, 0.05) is 0 Å². The van der Waals surface area contributed by atoms with Crippen molar-refractivity contribution in [2.75, 3.05) is 26.3 Å². The number of pyridine rings is 1. The fraction of sp³-hybridized carbons (Fsp3) is 0.452. The number of piperidine rings is 1. The third-order valence-electron chi connectivity index (χ3n) is 7.79. The lowest BCUT2D eigenvalue weighted by Gasteiger charge is -2.24. The zero-order valence-corrected chi connectivity index (χ0v) is 23.4. The Bertz CT molecular complexity index is 1420. The normalized spacial score (nSPS) is 16.6. The predicted molar refractivity (Wildman–Crippen MR) is 149 cm³/mol. The van der Waals surface area contributed by atoms with E-state index < -0.39 is 23.4 Å². The van der Waals surface area contributed by atoms with Crippen LogP contribution in [0, 0.1) is 6.92 Å². The second-order valence-electron chi connectivity index (χ2n) is 10.5. The Morgan fingerprint density at radius 1 is 1.12 bits per heavy atom. The molecule has 1 aromatic carbocycles. The Kier molecular flexibility index (Phi) is 8.77. The molecule has 0 saturated carbocycles. The van der Waals surface area contributed by atoms with Gasteiger partial charge in [-0.1, -0.05) is 18.2 Å². The number of hydrogen-bond acceptors (Lipinski definition) is 6. The molecule has 41 heavy (non-hydrogen) atoms. The van der Waals surface area contributed by atoms with Gasteiger partial charge in [-0.2, -0.15) is 18.3 Å². The van der Waals surface area contributed by atoms with Crippen LogP contribution in [0.3, 0.4) is 0 Å². The van der Waals surface area contributed by atoms with Crippen LogP contribution < -0.4 is 10.1 Å². The molecule has 0 amide bonds. The summed E-state index contributed by atoms with van der Waals surface area (Å²) in [6.07, 6.45) is 1.86. The summed E-state index contributed by atoms with van der Waals surface area (Å²) in [6.45, 7) is 6.02. The second-order valence-corrected chi connectivity index (χ2v) is 10.5. The maximum absolute atomic E-state index is 14.0. The van der Waals surface area contributed by atoms with E-state index in [1.54, 1.807) is 12.1 Å². The first kappa shape index (κ1) is 28.9. The maximum Gasteiger partial charge on any atom is 0.434 e. The molecule has 0 unspecified atom stereocenters. The van der Waals surface area contributed by atoms with Gasteiger partial charge >= 0.3 is 12.1 Å². The highest BCUT2D eigenvalue weighted by molar-refractivity contribution is 5.90. The minimum Gasteiger partial charge on any atom is -0.489 e. The third kappa shape index (κ3) is 6.48. The van der Waals surface area contributed by atoms with Crippen molar-refractivity contribution in [2.45, 2.75) is 64.5 Å². The van der Waals surface area contributed by atoms with Crippen molar-refractivity contribution in [3.63, 3.8) is 0 Å². The smallest absolute Gasteiger partial charge is 0.434 e. The maximum atomic E-state index is 14.0. The summed E-state index contributed by atoms with van der Waals surface area (Å²) in [5.41, 5.74) is 3.25. The molecule has 2 aliphatic rings. The number of esters is 1. The van der Waals surface area contributed by atoms with Crippen LogP contribution >= 0.6 is 0 Å². The average Bonchev–Trinajstić information content (AvgIpc) is 3.44. The molecule has 3 heterocycles. The highest BCUT2D eigenvalue weighted by atomic mass is 19.4. The van der Waals surface area contributed by atoms with E-state index >= 15 is 0 Å². The molecular formula is C31H35F3N4O3. The van der Waals surface area contributed by atoms with E-state index in [1.165, 1.54) is 18.6 Å². The van der Waals surface area contributed by atoms with Gasteiger partial charge in [0.1, 0.15) is 17.9 Å². The summed E-state index contributed by atoms with van der Waals surface area (Å²) in [7, 11) is 0. The number of nitrogens with one attached hydrogen (secondary N) is 1. The average molecular weight is 569 g/mol. The quantitative estimate of drug-likeness (QED) is 0.307. The first-order valence-electron chi connectivity index (χ1n) is 14.2. The molecule has 1 aliphatic carbocycles. The number of carbonyl (C=O) groups is 1. The minimum atomic E-state index is -4.83. The van der Waals surface area contributed by atoms with Gasteiger partial charge in [-0.25, -0.2) is 14.5 Å². The highest BCUT2D eigenvalue weighted by Gasteiger charge is 2.41. The molecular weight excluding hydrogens is 533 g/mol. The van der Waals surface area contributed by atoms with E-state index in [-0.39, 0.29) is 12.4 Å². The summed E-state index contributed by atoms with van der Waals surface area (Å²) in [5.74, 6) is 0.305. The van der Waals surface area contributed by atoms with Gasteiger partial charge in [0.2, 0.25) is 0 Å². The zero-order chi connectivity index (χ0) is 29.0. The Hall–Kier alpha value is -3.66. The molecule has 1 aliphatic heterocycles. The van der Waals surface area contributed by atoms with Gasteiger partial charge in [-0.15, -0.1) is 0 Å². The van der Waals surface area contributed by atoms with Crippen LogP contribution in [0.15, 0.2) is 48.2 Å². The number of alkyl halides is 3. The van der Waals surface area contributed by atoms with Crippen LogP contribution in [0.1, 0.15) is 84.2 Å². The molecule has 0 spiro atoms. The van der Waals surface area contributed by atoms with Gasteiger partial charge < -0.3 is 14.8 Å². The molecule has 1 saturated heterocycles. The largest absolute Gasteiger partial charge is 0.489 e. The van der Waals surface area contributed by atoms with Crippen LogP contribution in [0.25, 0.3) is 11.4 Å². The molecule has 0 atom stereocenters. The molecule has 10 heteroatoms. The van der Waals surface area contributed by atoms with Gasteiger partial charge in [-0.3, -0.25) is 0 Å². The lowest BCUT2D eigenvalue weighted by Crippen LogP contribution is -2.26. The Labute approximate surface area is 237 Å². The number of nitrogens with zero attached hydrogens (tertiary/aromatic N) is 3. The van der Waals surface area contributed by atoms with Crippen molar-refractivity contribution in [1.82, 2.24) is 20.1 Å². The van der Waals surface area contributed by atoms with Crippen molar-refractivity contribution in [2.24, 2.45) is 0 Å². The summed E-state index contributed by atoms with van der Waals surface area (Å²) in [6, 6.07) is 11.3. The summed E-state index contributed by atoms with van der Waals surface area (Å²) >= 11 is 0. The SMILES string of the molecule is CCOC(=O)c1cnn(-c2cccc(C3=C(COc4ccc(C5CCNCC5)cc4C)CCCC3)n2)c1C(F)(F)F. The van der Waals surface area contributed by atoms with Crippen molar-refractivity contribution >= 4 is 11.5 Å². The van der Waals surface area contributed by atoms with E-state index in [1.807, 2.05) is 6.07 Å². The Morgan fingerprint density at radius 2 is 1.90 bits per heavy atom. The van der Waals surface area contributed by atoms with Gasteiger partial charge in [0.25, 0.3) is 0 Å². The summed E-state index contributed by atoms with van der Waals surface area (Å²) in [4.78, 5) is 16.8.